The van der Waals surface area contributed by atoms with Gasteiger partial charge >= 0.3 is 5.97 Å². The predicted octanol–water partition coefficient (Wildman–Crippen LogP) is 5.22. The summed E-state index contributed by atoms with van der Waals surface area (Å²) in [5, 5.41) is 13.9. The van der Waals surface area contributed by atoms with Crippen LogP contribution in [0.15, 0.2) is 84.9 Å². The van der Waals surface area contributed by atoms with Crippen molar-refractivity contribution in [2.75, 3.05) is 20.3 Å². The van der Waals surface area contributed by atoms with Crippen LogP contribution in [0.2, 0.25) is 5.04 Å². The van der Waals surface area contributed by atoms with Crippen LogP contribution in [-0.2, 0) is 30.0 Å². The SMILES string of the molecule is CCOC(=O)C[C@]1(O)O[C@H](CO[Si](c2ccccc2)(c2ccccc2)C(C)(C)C)C[C@H](OCc2ccc(OC)cc2)[C@H]1C. The Balaban J connectivity index is 1.63. The van der Waals surface area contributed by atoms with Crippen molar-refractivity contribution in [3.63, 3.8) is 0 Å². The summed E-state index contributed by atoms with van der Waals surface area (Å²) in [5.74, 6) is -2.00. The molecule has 1 fully saturated rings. The van der Waals surface area contributed by atoms with Crippen molar-refractivity contribution in [3.8, 4) is 5.75 Å². The minimum absolute atomic E-state index is 0.219. The predicted molar refractivity (Wildman–Crippen MR) is 170 cm³/mol. The number of hydrogen-bond acceptors (Lipinski definition) is 7. The fraction of sp³-hybridized carbons (Fsp3) is 0.457. The van der Waals surface area contributed by atoms with E-state index in [0.29, 0.717) is 13.0 Å². The Morgan fingerprint density at radius 1 is 0.977 bits per heavy atom. The van der Waals surface area contributed by atoms with Crippen LogP contribution in [0.5, 0.6) is 5.75 Å². The van der Waals surface area contributed by atoms with Crippen LogP contribution in [0.25, 0.3) is 0 Å². The van der Waals surface area contributed by atoms with Gasteiger partial charge in [0.05, 0.1) is 45.6 Å². The van der Waals surface area contributed by atoms with E-state index in [2.05, 4.69) is 69.3 Å². The van der Waals surface area contributed by atoms with Gasteiger partial charge in [0.25, 0.3) is 8.32 Å². The van der Waals surface area contributed by atoms with Crippen LogP contribution in [0.1, 0.15) is 53.0 Å². The van der Waals surface area contributed by atoms with E-state index >= 15 is 0 Å². The van der Waals surface area contributed by atoms with Gasteiger partial charge < -0.3 is 28.5 Å². The summed E-state index contributed by atoms with van der Waals surface area (Å²) < 4.78 is 30.4. The second kappa shape index (κ2) is 14.2. The summed E-state index contributed by atoms with van der Waals surface area (Å²) in [4.78, 5) is 12.6. The van der Waals surface area contributed by atoms with E-state index in [9.17, 15) is 9.90 Å². The van der Waals surface area contributed by atoms with Gasteiger partial charge in [0, 0.05) is 12.3 Å². The molecule has 3 aromatic carbocycles. The molecule has 1 N–H and O–H groups in total. The lowest BCUT2D eigenvalue weighted by atomic mass is 9.85. The van der Waals surface area contributed by atoms with Gasteiger partial charge in [-0.05, 0) is 40.0 Å². The van der Waals surface area contributed by atoms with Gasteiger partial charge in [-0.15, -0.1) is 0 Å². The van der Waals surface area contributed by atoms with E-state index in [4.69, 9.17) is 23.4 Å². The maximum absolute atomic E-state index is 12.6. The average molecular weight is 607 g/mol. The minimum atomic E-state index is -2.85. The van der Waals surface area contributed by atoms with Gasteiger partial charge in [0.1, 0.15) is 5.75 Å². The summed E-state index contributed by atoms with van der Waals surface area (Å²) >= 11 is 0. The molecule has 1 aliphatic heterocycles. The lowest BCUT2D eigenvalue weighted by molar-refractivity contribution is -0.311. The maximum Gasteiger partial charge on any atom is 0.311 e. The van der Waals surface area contributed by atoms with E-state index < -0.39 is 32.1 Å². The average Bonchev–Trinajstić information content (AvgIpc) is 2.99. The minimum Gasteiger partial charge on any atom is -0.497 e. The number of methoxy groups -OCH3 is 1. The highest BCUT2D eigenvalue weighted by atomic mass is 28.4. The number of hydrogen-bond donors (Lipinski definition) is 1. The summed E-state index contributed by atoms with van der Waals surface area (Å²) in [6, 6.07) is 28.5. The molecular weight excluding hydrogens is 560 g/mol. The molecule has 0 spiro atoms. The molecular formula is C35H46O7Si. The van der Waals surface area contributed by atoms with Crippen LogP contribution in [0, 0.1) is 5.92 Å². The number of benzene rings is 3. The quantitative estimate of drug-likeness (QED) is 0.224. The van der Waals surface area contributed by atoms with Crippen molar-refractivity contribution in [2.45, 2.75) is 77.1 Å². The highest BCUT2D eigenvalue weighted by Crippen LogP contribution is 2.40. The first-order valence-corrected chi connectivity index (χ1v) is 17.0. The highest BCUT2D eigenvalue weighted by molar-refractivity contribution is 6.99. The van der Waals surface area contributed by atoms with Crippen molar-refractivity contribution in [3.05, 3.63) is 90.5 Å². The second-order valence-electron chi connectivity index (χ2n) is 12.3. The van der Waals surface area contributed by atoms with Crippen molar-refractivity contribution in [1.82, 2.24) is 0 Å². The zero-order chi connectivity index (χ0) is 31.1. The third kappa shape index (κ3) is 7.56. The Bertz CT molecular complexity index is 1250. The van der Waals surface area contributed by atoms with Crippen molar-refractivity contribution in [1.29, 1.82) is 0 Å². The topological polar surface area (TPSA) is 83.5 Å². The third-order valence-corrected chi connectivity index (χ3v) is 13.4. The largest absolute Gasteiger partial charge is 0.497 e. The normalized spacial score (nSPS) is 22.6. The molecule has 0 amide bonds. The lowest BCUT2D eigenvalue weighted by Gasteiger charge is -2.48. The van der Waals surface area contributed by atoms with Crippen molar-refractivity contribution in [2.24, 2.45) is 5.92 Å². The van der Waals surface area contributed by atoms with Crippen LogP contribution in [0.3, 0.4) is 0 Å². The number of rotatable bonds is 12. The number of carbonyl (C=O) groups is 1. The Morgan fingerprint density at radius 3 is 2.07 bits per heavy atom. The zero-order valence-corrected chi connectivity index (χ0v) is 27.2. The van der Waals surface area contributed by atoms with Gasteiger partial charge in [0.2, 0.25) is 0 Å². The second-order valence-corrected chi connectivity index (χ2v) is 16.6. The molecule has 232 valence electrons. The summed E-state index contributed by atoms with van der Waals surface area (Å²) in [6.45, 7) is 11.1. The standard InChI is InChI=1S/C35H46O7Si/c1-7-39-33(36)23-35(37)26(2)32(40-24-27-18-20-28(38-6)21-19-27)22-29(42-35)25-41-43(34(3,4)5,30-14-10-8-11-15-30)31-16-12-9-13-17-31/h8-21,26,29,32,37H,7,22-25H2,1-6H3/t26-,29+,32+,35+/m1/s1. The molecule has 0 unspecified atom stereocenters. The summed E-state index contributed by atoms with van der Waals surface area (Å²) in [7, 11) is -1.22. The fourth-order valence-corrected chi connectivity index (χ4v) is 10.6. The third-order valence-electron chi connectivity index (χ3n) is 8.36. The van der Waals surface area contributed by atoms with Crippen LogP contribution in [-0.4, -0.2) is 57.7 Å². The number of aliphatic hydroxyl groups is 1. The molecule has 0 bridgehead atoms. The van der Waals surface area contributed by atoms with E-state index in [-0.39, 0.29) is 30.8 Å². The molecule has 8 heteroatoms. The number of ether oxygens (including phenoxy) is 4. The monoisotopic (exact) mass is 606 g/mol. The molecule has 3 aromatic rings. The highest BCUT2D eigenvalue weighted by Gasteiger charge is 2.53. The maximum atomic E-state index is 12.6. The van der Waals surface area contributed by atoms with Crippen molar-refractivity contribution < 1.29 is 33.3 Å². The first kappa shape index (κ1) is 32.9. The van der Waals surface area contributed by atoms with Crippen LogP contribution < -0.4 is 15.1 Å². The molecule has 43 heavy (non-hydrogen) atoms. The van der Waals surface area contributed by atoms with Gasteiger partial charge in [-0.25, -0.2) is 0 Å². The van der Waals surface area contributed by atoms with Gasteiger partial charge in [-0.2, -0.15) is 0 Å². The van der Waals surface area contributed by atoms with Gasteiger partial charge in [-0.1, -0.05) is 100 Å². The zero-order valence-electron chi connectivity index (χ0n) is 26.2. The Hall–Kier alpha value is -3.01. The Morgan fingerprint density at radius 2 is 1.56 bits per heavy atom. The molecule has 4 atom stereocenters. The van der Waals surface area contributed by atoms with E-state index in [0.717, 1.165) is 21.7 Å². The van der Waals surface area contributed by atoms with Crippen LogP contribution >= 0.6 is 0 Å². The fourth-order valence-electron chi connectivity index (χ4n) is 6.04. The van der Waals surface area contributed by atoms with E-state index in [1.54, 1.807) is 14.0 Å². The molecule has 1 heterocycles. The molecule has 0 saturated carbocycles. The first-order valence-electron chi connectivity index (χ1n) is 15.1. The smallest absolute Gasteiger partial charge is 0.311 e. The van der Waals surface area contributed by atoms with Crippen molar-refractivity contribution >= 4 is 24.7 Å². The first-order chi connectivity index (χ1) is 20.5. The molecule has 7 nitrogen and oxygen atoms in total. The molecule has 0 radical (unpaired) electrons. The molecule has 4 rings (SSSR count). The Labute approximate surface area is 257 Å². The molecule has 1 saturated heterocycles. The summed E-state index contributed by atoms with van der Waals surface area (Å²) in [5.41, 5.74) is 0.980. The van der Waals surface area contributed by atoms with Gasteiger partial charge in [-0.3, -0.25) is 4.79 Å². The van der Waals surface area contributed by atoms with E-state index in [1.165, 1.54) is 0 Å². The number of carbonyl (C=O) groups excluding carboxylic acids is 1. The lowest BCUT2D eigenvalue weighted by Crippen LogP contribution is -2.67. The van der Waals surface area contributed by atoms with Gasteiger partial charge in [0.15, 0.2) is 5.79 Å². The van der Waals surface area contributed by atoms with Crippen LogP contribution in [0.4, 0.5) is 0 Å². The molecule has 0 aromatic heterocycles. The molecule has 1 aliphatic rings. The van der Waals surface area contributed by atoms with E-state index in [1.807, 2.05) is 43.3 Å². The molecule has 0 aliphatic carbocycles. The summed E-state index contributed by atoms with van der Waals surface area (Å²) in [6.07, 6.45) is -0.693. The number of esters is 1. The Kier molecular flexibility index (Phi) is 10.8.